The molecule has 0 saturated heterocycles. The number of benzene rings is 1. The second-order valence-corrected chi connectivity index (χ2v) is 2.59. The summed E-state index contributed by atoms with van der Waals surface area (Å²) in [5.41, 5.74) is 0.560. The summed E-state index contributed by atoms with van der Waals surface area (Å²) in [6.07, 6.45) is 5.10. The van der Waals surface area contributed by atoms with E-state index >= 15 is 0 Å². The average molecular weight is 189 g/mol. The molecule has 0 heterocycles. The summed E-state index contributed by atoms with van der Waals surface area (Å²) in [7, 11) is 1.41. The van der Waals surface area contributed by atoms with Crippen molar-refractivity contribution in [3.05, 3.63) is 35.9 Å². The summed E-state index contributed by atoms with van der Waals surface area (Å²) < 4.78 is 0. The first-order valence-electron chi connectivity index (χ1n) is 4.14. The van der Waals surface area contributed by atoms with Gasteiger partial charge in [-0.15, -0.1) is 6.42 Å². The van der Waals surface area contributed by atoms with Crippen molar-refractivity contribution in [2.24, 2.45) is 0 Å². The highest BCUT2D eigenvalue weighted by atomic mass is 16.7. The normalized spacial score (nSPS) is 9.14. The van der Waals surface area contributed by atoms with Gasteiger partial charge in [0.1, 0.15) is 6.54 Å². The summed E-state index contributed by atoms with van der Waals surface area (Å²) >= 11 is 0. The molecule has 72 valence electrons. The number of hydrogen-bond acceptors (Lipinski definition) is 2. The topological polar surface area (TPSA) is 29.5 Å². The zero-order chi connectivity index (χ0) is 10.4. The SMILES string of the molecule is C#CCN(OC)C(=O)c1ccccc1. The molecule has 1 amide bonds. The maximum atomic E-state index is 11.7. The summed E-state index contributed by atoms with van der Waals surface area (Å²) in [6.45, 7) is 0.143. The molecule has 1 aromatic rings. The first-order valence-corrected chi connectivity index (χ1v) is 4.14. The molecule has 0 fully saturated rings. The summed E-state index contributed by atoms with van der Waals surface area (Å²) in [6, 6.07) is 8.85. The number of terminal acetylenes is 1. The lowest BCUT2D eigenvalue weighted by molar-refractivity contribution is -0.0856. The lowest BCUT2D eigenvalue weighted by Gasteiger charge is -2.16. The van der Waals surface area contributed by atoms with Gasteiger partial charge in [0.2, 0.25) is 0 Å². The van der Waals surface area contributed by atoms with Crippen molar-refractivity contribution < 1.29 is 9.63 Å². The molecular weight excluding hydrogens is 178 g/mol. The predicted molar refractivity (Wildman–Crippen MR) is 53.3 cm³/mol. The van der Waals surface area contributed by atoms with Gasteiger partial charge in [-0.3, -0.25) is 9.63 Å². The molecule has 1 rings (SSSR count). The zero-order valence-corrected chi connectivity index (χ0v) is 7.93. The monoisotopic (exact) mass is 189 g/mol. The molecule has 14 heavy (non-hydrogen) atoms. The van der Waals surface area contributed by atoms with Gasteiger partial charge >= 0.3 is 0 Å². The second-order valence-electron chi connectivity index (χ2n) is 2.59. The van der Waals surface area contributed by atoms with Crippen LogP contribution in [-0.4, -0.2) is 24.6 Å². The van der Waals surface area contributed by atoms with Gasteiger partial charge in [0.15, 0.2) is 0 Å². The standard InChI is InChI=1S/C11H11NO2/c1-3-9-12(14-2)11(13)10-7-5-4-6-8-10/h1,4-8H,9H2,2H3. The van der Waals surface area contributed by atoms with E-state index in [1.165, 1.54) is 7.11 Å². The lowest BCUT2D eigenvalue weighted by atomic mass is 10.2. The van der Waals surface area contributed by atoms with Gasteiger partial charge in [0.05, 0.1) is 7.11 Å². The molecule has 0 aliphatic carbocycles. The van der Waals surface area contributed by atoms with Crippen molar-refractivity contribution in [1.29, 1.82) is 0 Å². The quantitative estimate of drug-likeness (QED) is 0.530. The van der Waals surface area contributed by atoms with Crippen molar-refractivity contribution in [3.8, 4) is 12.3 Å². The number of rotatable bonds is 3. The lowest BCUT2D eigenvalue weighted by Crippen LogP contribution is -2.30. The van der Waals surface area contributed by atoms with E-state index in [1.54, 1.807) is 24.3 Å². The third-order valence-corrected chi connectivity index (χ3v) is 1.70. The van der Waals surface area contributed by atoms with Gasteiger partial charge in [-0.1, -0.05) is 24.1 Å². The van der Waals surface area contributed by atoms with Crippen LogP contribution in [0.5, 0.6) is 0 Å². The Bertz CT molecular complexity index is 340. The van der Waals surface area contributed by atoms with E-state index in [9.17, 15) is 4.79 Å². The molecule has 3 nitrogen and oxygen atoms in total. The number of hydrogen-bond donors (Lipinski definition) is 0. The van der Waals surface area contributed by atoms with Gasteiger partial charge in [-0.25, -0.2) is 5.06 Å². The fourth-order valence-electron chi connectivity index (χ4n) is 1.03. The maximum Gasteiger partial charge on any atom is 0.278 e. The van der Waals surface area contributed by atoms with Crippen LogP contribution in [0.2, 0.25) is 0 Å². The highest BCUT2D eigenvalue weighted by Gasteiger charge is 2.13. The highest BCUT2D eigenvalue weighted by Crippen LogP contribution is 2.03. The average Bonchev–Trinajstić information content (AvgIpc) is 2.26. The molecule has 0 bridgehead atoms. The van der Waals surface area contributed by atoms with Crippen molar-refractivity contribution >= 4 is 5.91 Å². The van der Waals surface area contributed by atoms with Crippen LogP contribution in [0.1, 0.15) is 10.4 Å². The minimum absolute atomic E-state index is 0.143. The molecule has 0 aliphatic rings. The molecular formula is C11H11NO2. The van der Waals surface area contributed by atoms with Gasteiger partial charge in [0, 0.05) is 5.56 Å². The number of hydroxylamine groups is 2. The fourth-order valence-corrected chi connectivity index (χ4v) is 1.03. The van der Waals surface area contributed by atoms with Crippen LogP contribution in [-0.2, 0) is 4.84 Å². The van der Waals surface area contributed by atoms with E-state index < -0.39 is 0 Å². The molecule has 3 heteroatoms. The predicted octanol–water partition coefficient (Wildman–Crippen LogP) is 1.32. The van der Waals surface area contributed by atoms with Gasteiger partial charge < -0.3 is 0 Å². The number of carbonyl (C=O) groups excluding carboxylic acids is 1. The molecule has 0 aromatic heterocycles. The Morgan fingerprint density at radius 1 is 1.50 bits per heavy atom. The second kappa shape index (κ2) is 5.05. The van der Waals surface area contributed by atoms with E-state index in [0.717, 1.165) is 5.06 Å². The third kappa shape index (κ3) is 2.35. The van der Waals surface area contributed by atoms with Gasteiger partial charge in [-0.05, 0) is 12.1 Å². The molecule has 0 atom stereocenters. The fraction of sp³-hybridized carbons (Fsp3) is 0.182. The molecule has 0 saturated carbocycles. The third-order valence-electron chi connectivity index (χ3n) is 1.70. The van der Waals surface area contributed by atoms with E-state index in [4.69, 9.17) is 11.3 Å². The van der Waals surface area contributed by atoms with Crippen LogP contribution < -0.4 is 0 Å². The largest absolute Gasteiger partial charge is 0.278 e. The first-order chi connectivity index (χ1) is 6.79. The Kier molecular flexibility index (Phi) is 3.71. The minimum Gasteiger partial charge on any atom is -0.273 e. The van der Waals surface area contributed by atoms with Crippen LogP contribution in [0, 0.1) is 12.3 Å². The molecule has 1 aromatic carbocycles. The Hall–Kier alpha value is -1.79. The van der Waals surface area contributed by atoms with Crippen LogP contribution in [0.3, 0.4) is 0 Å². The van der Waals surface area contributed by atoms with Crippen LogP contribution in [0.25, 0.3) is 0 Å². The Morgan fingerprint density at radius 3 is 2.64 bits per heavy atom. The molecule has 0 radical (unpaired) electrons. The highest BCUT2D eigenvalue weighted by molar-refractivity contribution is 5.93. The van der Waals surface area contributed by atoms with Crippen molar-refractivity contribution in [2.45, 2.75) is 0 Å². The Labute approximate surface area is 83.2 Å². The number of carbonyl (C=O) groups is 1. The number of amides is 1. The van der Waals surface area contributed by atoms with E-state index in [1.807, 2.05) is 6.07 Å². The smallest absolute Gasteiger partial charge is 0.273 e. The van der Waals surface area contributed by atoms with E-state index in [-0.39, 0.29) is 12.5 Å². The van der Waals surface area contributed by atoms with Crippen LogP contribution >= 0.6 is 0 Å². The first kappa shape index (κ1) is 10.3. The van der Waals surface area contributed by atoms with Crippen molar-refractivity contribution in [2.75, 3.05) is 13.7 Å². The molecule has 0 unspecified atom stereocenters. The Morgan fingerprint density at radius 2 is 2.14 bits per heavy atom. The van der Waals surface area contributed by atoms with Crippen molar-refractivity contribution in [1.82, 2.24) is 5.06 Å². The Balaban J connectivity index is 2.79. The maximum absolute atomic E-state index is 11.7. The van der Waals surface area contributed by atoms with Crippen LogP contribution in [0.4, 0.5) is 0 Å². The minimum atomic E-state index is -0.231. The summed E-state index contributed by atoms with van der Waals surface area (Å²) in [5, 5.41) is 1.13. The molecule has 0 aliphatic heterocycles. The van der Waals surface area contributed by atoms with Crippen LogP contribution in [0.15, 0.2) is 30.3 Å². The van der Waals surface area contributed by atoms with E-state index in [0.29, 0.717) is 5.56 Å². The molecule has 0 N–H and O–H groups in total. The van der Waals surface area contributed by atoms with Gasteiger partial charge in [-0.2, -0.15) is 0 Å². The molecule has 0 spiro atoms. The number of nitrogens with zero attached hydrogens (tertiary/aromatic N) is 1. The van der Waals surface area contributed by atoms with Crippen molar-refractivity contribution in [3.63, 3.8) is 0 Å². The summed E-state index contributed by atoms with van der Waals surface area (Å²) in [5.74, 6) is 2.12. The zero-order valence-electron chi connectivity index (χ0n) is 7.93. The van der Waals surface area contributed by atoms with Gasteiger partial charge in [0.25, 0.3) is 5.91 Å². The summed E-state index contributed by atoms with van der Waals surface area (Å²) in [4.78, 5) is 16.5. The van der Waals surface area contributed by atoms with E-state index in [2.05, 4.69) is 5.92 Å².